The zero-order valence-corrected chi connectivity index (χ0v) is 15.7. The summed E-state index contributed by atoms with van der Waals surface area (Å²) in [4.78, 5) is 29.7. The van der Waals surface area contributed by atoms with E-state index < -0.39 is 5.41 Å². The summed E-state index contributed by atoms with van der Waals surface area (Å²) in [6.45, 7) is 5.59. The summed E-state index contributed by atoms with van der Waals surface area (Å²) in [5.41, 5.74) is 1.63. The fourth-order valence-electron chi connectivity index (χ4n) is 2.77. The van der Waals surface area contributed by atoms with E-state index in [-0.39, 0.29) is 17.8 Å². The maximum absolute atomic E-state index is 12.1. The summed E-state index contributed by atoms with van der Waals surface area (Å²) in [5.74, 6) is -0.0592. The largest absolute Gasteiger partial charge is 0.468 e. The highest BCUT2D eigenvalue weighted by Gasteiger charge is 2.35. The van der Waals surface area contributed by atoms with E-state index in [2.05, 4.69) is 5.32 Å². The summed E-state index contributed by atoms with van der Waals surface area (Å²) in [7, 11) is 1.39. The number of methoxy groups -OCH3 is 1. The summed E-state index contributed by atoms with van der Waals surface area (Å²) in [6, 6.07) is 7.66. The van der Waals surface area contributed by atoms with Crippen LogP contribution in [0.2, 0.25) is 0 Å². The van der Waals surface area contributed by atoms with Crippen molar-refractivity contribution in [1.82, 2.24) is 4.98 Å². The molecule has 0 atom stereocenters. The molecule has 3 rings (SSSR count). The Labute approximate surface area is 151 Å². The van der Waals surface area contributed by atoms with Crippen molar-refractivity contribution >= 4 is 28.9 Å². The van der Waals surface area contributed by atoms with Crippen LogP contribution in [0.15, 0.2) is 24.3 Å². The zero-order valence-electron chi connectivity index (χ0n) is 14.9. The van der Waals surface area contributed by atoms with E-state index >= 15 is 0 Å². The second kappa shape index (κ2) is 6.59. The van der Waals surface area contributed by atoms with Gasteiger partial charge >= 0.3 is 5.97 Å². The standard InChI is InChI=1S/C19H22N2O3S/c1-11-15(19(2,3)18(23)24-4)21-17(25-11)13-6-5-7-14(10-13)20-16(22)12-8-9-12/h5-7,10,12H,8-9H2,1-4H3,(H,20,22). The molecular weight excluding hydrogens is 336 g/mol. The summed E-state index contributed by atoms with van der Waals surface area (Å²) in [6.07, 6.45) is 1.95. The molecule has 25 heavy (non-hydrogen) atoms. The van der Waals surface area contributed by atoms with Gasteiger partial charge in [-0.05, 0) is 45.7 Å². The van der Waals surface area contributed by atoms with E-state index in [0.717, 1.165) is 39.7 Å². The summed E-state index contributed by atoms with van der Waals surface area (Å²) < 4.78 is 4.91. The van der Waals surface area contributed by atoms with Gasteiger partial charge in [0.05, 0.1) is 12.8 Å². The second-order valence-electron chi connectivity index (χ2n) is 6.88. The number of benzene rings is 1. The Morgan fingerprint density at radius 2 is 2.04 bits per heavy atom. The molecule has 0 spiro atoms. The number of carbonyl (C=O) groups is 2. The van der Waals surface area contributed by atoms with Crippen molar-refractivity contribution in [3.63, 3.8) is 0 Å². The van der Waals surface area contributed by atoms with E-state index in [4.69, 9.17) is 9.72 Å². The number of thiazole rings is 1. The lowest BCUT2D eigenvalue weighted by Crippen LogP contribution is -2.31. The highest BCUT2D eigenvalue weighted by atomic mass is 32.1. The number of nitrogens with zero attached hydrogens (tertiary/aromatic N) is 1. The number of amides is 1. The van der Waals surface area contributed by atoms with E-state index in [9.17, 15) is 9.59 Å². The van der Waals surface area contributed by atoms with Crippen LogP contribution in [0, 0.1) is 12.8 Å². The summed E-state index contributed by atoms with van der Waals surface area (Å²) in [5, 5.41) is 3.78. The highest BCUT2D eigenvalue weighted by molar-refractivity contribution is 7.15. The minimum Gasteiger partial charge on any atom is -0.468 e. The number of esters is 1. The molecule has 1 N–H and O–H groups in total. The topological polar surface area (TPSA) is 68.3 Å². The molecular formula is C19H22N2O3S. The molecule has 1 saturated carbocycles. The highest BCUT2D eigenvalue weighted by Crippen LogP contribution is 2.36. The quantitative estimate of drug-likeness (QED) is 0.823. The smallest absolute Gasteiger partial charge is 0.317 e. The Morgan fingerprint density at radius 1 is 1.32 bits per heavy atom. The Hall–Kier alpha value is -2.21. The lowest BCUT2D eigenvalue weighted by molar-refractivity contribution is -0.146. The number of aromatic nitrogens is 1. The molecule has 1 amide bonds. The predicted octanol–water partition coefficient (Wildman–Crippen LogP) is 3.92. The molecule has 2 aromatic rings. The van der Waals surface area contributed by atoms with Gasteiger partial charge in [-0.2, -0.15) is 0 Å². The van der Waals surface area contributed by atoms with Gasteiger partial charge in [-0.3, -0.25) is 9.59 Å². The van der Waals surface area contributed by atoms with Gasteiger partial charge in [0, 0.05) is 22.0 Å². The van der Waals surface area contributed by atoms with E-state index in [0.29, 0.717) is 0 Å². The number of carbonyl (C=O) groups excluding carboxylic acids is 2. The molecule has 1 aromatic heterocycles. The fraction of sp³-hybridized carbons (Fsp3) is 0.421. The van der Waals surface area contributed by atoms with Crippen molar-refractivity contribution in [1.29, 1.82) is 0 Å². The van der Waals surface area contributed by atoms with Gasteiger partial charge in [-0.25, -0.2) is 4.98 Å². The van der Waals surface area contributed by atoms with Gasteiger partial charge in [0.25, 0.3) is 0 Å². The molecule has 0 saturated heterocycles. The third-order valence-corrected chi connectivity index (χ3v) is 5.43. The van der Waals surface area contributed by atoms with Gasteiger partial charge in [0.2, 0.25) is 5.91 Å². The van der Waals surface area contributed by atoms with Gasteiger partial charge in [0.15, 0.2) is 0 Å². The van der Waals surface area contributed by atoms with Gasteiger partial charge in [0.1, 0.15) is 10.4 Å². The first-order valence-electron chi connectivity index (χ1n) is 8.30. The van der Waals surface area contributed by atoms with Crippen molar-refractivity contribution in [2.45, 2.75) is 39.0 Å². The lowest BCUT2D eigenvalue weighted by atomic mass is 9.89. The van der Waals surface area contributed by atoms with E-state index in [1.807, 2.05) is 45.0 Å². The molecule has 1 fully saturated rings. The number of nitrogens with one attached hydrogen (secondary N) is 1. The van der Waals surface area contributed by atoms with Crippen molar-refractivity contribution in [2.75, 3.05) is 12.4 Å². The second-order valence-corrected chi connectivity index (χ2v) is 8.09. The molecule has 5 nitrogen and oxygen atoms in total. The maximum atomic E-state index is 12.1. The molecule has 0 bridgehead atoms. The number of rotatable bonds is 5. The average Bonchev–Trinajstić information content (AvgIpc) is 3.36. The monoisotopic (exact) mass is 358 g/mol. The molecule has 0 unspecified atom stereocenters. The van der Waals surface area contributed by atoms with E-state index in [1.165, 1.54) is 18.4 Å². The first-order chi connectivity index (χ1) is 11.8. The fourth-order valence-corrected chi connectivity index (χ4v) is 3.84. The van der Waals surface area contributed by atoms with Crippen LogP contribution in [-0.4, -0.2) is 24.0 Å². The third kappa shape index (κ3) is 3.58. The number of hydrogen-bond donors (Lipinski definition) is 1. The first kappa shape index (κ1) is 17.6. The number of anilines is 1. The van der Waals surface area contributed by atoms with Crippen molar-refractivity contribution in [3.8, 4) is 10.6 Å². The molecule has 1 aliphatic carbocycles. The Kier molecular flexibility index (Phi) is 4.64. The van der Waals surface area contributed by atoms with Gasteiger partial charge in [-0.1, -0.05) is 12.1 Å². The molecule has 6 heteroatoms. The molecule has 1 aliphatic rings. The van der Waals surface area contributed by atoms with Crippen LogP contribution in [0.1, 0.15) is 37.3 Å². The number of hydrogen-bond acceptors (Lipinski definition) is 5. The Morgan fingerprint density at radius 3 is 2.68 bits per heavy atom. The lowest BCUT2D eigenvalue weighted by Gasteiger charge is -2.19. The normalized spacial score (nSPS) is 14.2. The minimum atomic E-state index is -0.800. The Bertz CT molecular complexity index is 822. The van der Waals surface area contributed by atoms with Crippen LogP contribution in [0.25, 0.3) is 10.6 Å². The van der Waals surface area contributed by atoms with Crippen LogP contribution in [-0.2, 0) is 19.7 Å². The molecule has 0 aliphatic heterocycles. The zero-order chi connectivity index (χ0) is 18.2. The first-order valence-corrected chi connectivity index (χ1v) is 9.12. The van der Waals surface area contributed by atoms with Crippen LogP contribution >= 0.6 is 11.3 Å². The number of aryl methyl sites for hydroxylation is 1. The van der Waals surface area contributed by atoms with E-state index in [1.54, 1.807) is 0 Å². The number of ether oxygens (including phenoxy) is 1. The minimum absolute atomic E-state index is 0.0833. The van der Waals surface area contributed by atoms with Crippen molar-refractivity contribution in [2.24, 2.45) is 5.92 Å². The molecule has 132 valence electrons. The van der Waals surface area contributed by atoms with Crippen LogP contribution in [0.3, 0.4) is 0 Å². The van der Waals surface area contributed by atoms with Crippen LogP contribution in [0.4, 0.5) is 5.69 Å². The van der Waals surface area contributed by atoms with Crippen molar-refractivity contribution < 1.29 is 14.3 Å². The van der Waals surface area contributed by atoms with Gasteiger partial charge in [-0.15, -0.1) is 11.3 Å². The summed E-state index contributed by atoms with van der Waals surface area (Å²) >= 11 is 1.54. The van der Waals surface area contributed by atoms with Crippen LogP contribution < -0.4 is 5.32 Å². The molecule has 1 aromatic carbocycles. The molecule has 0 radical (unpaired) electrons. The van der Waals surface area contributed by atoms with Crippen LogP contribution in [0.5, 0.6) is 0 Å². The molecule has 1 heterocycles. The average molecular weight is 358 g/mol. The predicted molar refractivity (Wildman–Crippen MR) is 98.7 cm³/mol. The van der Waals surface area contributed by atoms with Crippen molar-refractivity contribution in [3.05, 3.63) is 34.8 Å². The SMILES string of the molecule is COC(=O)C(C)(C)c1nc(-c2cccc(NC(=O)C3CC3)c2)sc1C. The maximum Gasteiger partial charge on any atom is 0.317 e. The Balaban J connectivity index is 1.88. The van der Waals surface area contributed by atoms with Gasteiger partial charge < -0.3 is 10.1 Å². The third-order valence-electron chi connectivity index (χ3n) is 4.41.